The molecule has 5 nitrogen and oxygen atoms in total. The SMILES string of the molecule is O/N=C/c1nc(CCCCNc2c3c(nc4ccccc24)CCCC3)ccc1F. The van der Waals surface area contributed by atoms with Gasteiger partial charge in [0.1, 0.15) is 5.69 Å². The minimum absolute atomic E-state index is 0.0676. The predicted octanol–water partition coefficient (Wildman–Crippen LogP) is 4.89. The van der Waals surface area contributed by atoms with Crippen molar-refractivity contribution in [3.63, 3.8) is 0 Å². The van der Waals surface area contributed by atoms with Crippen molar-refractivity contribution in [3.05, 3.63) is 64.9 Å². The van der Waals surface area contributed by atoms with Gasteiger partial charge in [0, 0.05) is 29.0 Å². The van der Waals surface area contributed by atoms with Crippen molar-refractivity contribution in [3.8, 4) is 0 Å². The highest BCUT2D eigenvalue weighted by Crippen LogP contribution is 2.33. The molecule has 2 N–H and O–H groups in total. The summed E-state index contributed by atoms with van der Waals surface area (Å²) in [4.78, 5) is 9.09. The number of hydrogen-bond donors (Lipinski definition) is 2. The number of rotatable bonds is 7. The van der Waals surface area contributed by atoms with Crippen LogP contribution in [0.4, 0.5) is 10.1 Å². The van der Waals surface area contributed by atoms with Crippen molar-refractivity contribution < 1.29 is 9.60 Å². The number of aromatic nitrogens is 2. The van der Waals surface area contributed by atoms with Crippen LogP contribution in [0.2, 0.25) is 0 Å². The van der Waals surface area contributed by atoms with E-state index in [1.54, 1.807) is 6.07 Å². The predicted molar refractivity (Wildman–Crippen MR) is 113 cm³/mol. The van der Waals surface area contributed by atoms with Gasteiger partial charge in [0.25, 0.3) is 0 Å². The molecule has 1 aromatic carbocycles. The minimum atomic E-state index is -0.484. The minimum Gasteiger partial charge on any atom is -0.411 e. The van der Waals surface area contributed by atoms with Crippen molar-refractivity contribution in [1.29, 1.82) is 0 Å². The van der Waals surface area contributed by atoms with Crippen molar-refractivity contribution in [1.82, 2.24) is 9.97 Å². The van der Waals surface area contributed by atoms with Gasteiger partial charge in [-0.1, -0.05) is 23.4 Å². The third-order valence-electron chi connectivity index (χ3n) is 5.44. The fourth-order valence-electron chi connectivity index (χ4n) is 4.00. The lowest BCUT2D eigenvalue weighted by Crippen LogP contribution is -2.12. The number of hydrogen-bond acceptors (Lipinski definition) is 5. The monoisotopic (exact) mass is 392 g/mol. The molecular formula is C23H25FN4O. The molecule has 29 heavy (non-hydrogen) atoms. The Bertz CT molecular complexity index is 1030. The summed E-state index contributed by atoms with van der Waals surface area (Å²) in [5, 5.41) is 16.3. The van der Waals surface area contributed by atoms with Crippen LogP contribution in [0.15, 0.2) is 41.6 Å². The summed E-state index contributed by atoms with van der Waals surface area (Å²) in [5.41, 5.74) is 5.79. The highest BCUT2D eigenvalue weighted by molar-refractivity contribution is 5.93. The van der Waals surface area contributed by atoms with Crippen LogP contribution in [0.3, 0.4) is 0 Å². The van der Waals surface area contributed by atoms with Crippen molar-refractivity contribution >= 4 is 22.8 Å². The molecule has 150 valence electrons. The van der Waals surface area contributed by atoms with Crippen LogP contribution in [-0.4, -0.2) is 27.9 Å². The maximum Gasteiger partial charge on any atom is 0.150 e. The van der Waals surface area contributed by atoms with Gasteiger partial charge in [0.2, 0.25) is 0 Å². The van der Waals surface area contributed by atoms with Gasteiger partial charge >= 0.3 is 0 Å². The zero-order valence-electron chi connectivity index (χ0n) is 16.4. The zero-order chi connectivity index (χ0) is 20.1. The molecule has 0 bridgehead atoms. The van der Waals surface area contributed by atoms with E-state index in [0.717, 1.165) is 56.1 Å². The molecule has 1 aliphatic carbocycles. The molecule has 0 amide bonds. The molecule has 0 atom stereocenters. The van der Waals surface area contributed by atoms with Gasteiger partial charge in [0.15, 0.2) is 5.82 Å². The van der Waals surface area contributed by atoms with Crippen LogP contribution in [0, 0.1) is 5.82 Å². The standard InChI is InChI=1S/C23H25FN4O/c24-19-13-12-16(27-22(19)15-26-29)7-5-6-14-25-23-17-8-1-3-10-20(17)28-21-11-4-2-9-18(21)23/h1,3,8,10,12-13,15,29H,2,4-7,9,11,14H2,(H,25,28)/b26-15+. The molecule has 1 aliphatic rings. The van der Waals surface area contributed by atoms with Crippen LogP contribution >= 0.6 is 0 Å². The van der Waals surface area contributed by atoms with Crippen molar-refractivity contribution in [2.24, 2.45) is 5.16 Å². The Balaban J connectivity index is 1.40. The van der Waals surface area contributed by atoms with Crippen molar-refractivity contribution in [2.75, 3.05) is 11.9 Å². The van der Waals surface area contributed by atoms with E-state index in [1.807, 2.05) is 6.07 Å². The Hall–Kier alpha value is -3.02. The topological polar surface area (TPSA) is 70.4 Å². The number of halogens is 1. The number of pyridine rings is 2. The lowest BCUT2D eigenvalue weighted by molar-refractivity contribution is 0.321. The number of fused-ring (bicyclic) bond motifs is 2. The fourth-order valence-corrected chi connectivity index (χ4v) is 4.00. The van der Waals surface area contributed by atoms with Crippen molar-refractivity contribution in [2.45, 2.75) is 44.9 Å². The van der Waals surface area contributed by atoms with Crippen LogP contribution in [0.1, 0.15) is 48.3 Å². The van der Waals surface area contributed by atoms with Gasteiger partial charge in [-0.15, -0.1) is 0 Å². The van der Waals surface area contributed by atoms with E-state index in [1.165, 1.54) is 41.2 Å². The van der Waals surface area contributed by atoms with Gasteiger partial charge in [-0.3, -0.25) is 4.98 Å². The van der Waals surface area contributed by atoms with Gasteiger partial charge in [-0.2, -0.15) is 0 Å². The molecule has 0 unspecified atom stereocenters. The quantitative estimate of drug-likeness (QED) is 0.260. The first-order chi connectivity index (χ1) is 14.3. The van der Waals surface area contributed by atoms with E-state index >= 15 is 0 Å². The second-order valence-corrected chi connectivity index (χ2v) is 7.43. The molecule has 0 fully saturated rings. The Morgan fingerprint density at radius 1 is 1.07 bits per heavy atom. The molecule has 2 aromatic heterocycles. The Morgan fingerprint density at radius 3 is 2.83 bits per heavy atom. The molecule has 6 heteroatoms. The van der Waals surface area contributed by atoms with E-state index < -0.39 is 5.82 Å². The zero-order valence-corrected chi connectivity index (χ0v) is 16.4. The lowest BCUT2D eigenvalue weighted by atomic mass is 9.92. The van der Waals surface area contributed by atoms with Gasteiger partial charge in [-0.05, 0) is 68.7 Å². The summed E-state index contributed by atoms with van der Waals surface area (Å²) < 4.78 is 13.6. The molecule has 4 rings (SSSR count). The molecule has 2 heterocycles. The lowest BCUT2D eigenvalue weighted by Gasteiger charge is -2.21. The van der Waals surface area contributed by atoms with E-state index in [2.05, 4.69) is 33.7 Å². The van der Waals surface area contributed by atoms with E-state index in [-0.39, 0.29) is 5.69 Å². The molecule has 0 saturated carbocycles. The first kappa shape index (κ1) is 19.3. The Morgan fingerprint density at radius 2 is 1.93 bits per heavy atom. The summed E-state index contributed by atoms with van der Waals surface area (Å²) in [6, 6.07) is 11.4. The first-order valence-electron chi connectivity index (χ1n) is 10.2. The molecule has 0 aliphatic heterocycles. The largest absolute Gasteiger partial charge is 0.411 e. The number of oxime groups is 1. The van der Waals surface area contributed by atoms with Gasteiger partial charge < -0.3 is 10.5 Å². The summed E-state index contributed by atoms with van der Waals surface area (Å²) in [7, 11) is 0. The molecule has 0 saturated heterocycles. The average molecular weight is 392 g/mol. The average Bonchev–Trinajstić information content (AvgIpc) is 2.75. The molecule has 0 radical (unpaired) electrons. The smallest absolute Gasteiger partial charge is 0.150 e. The van der Waals surface area contributed by atoms with E-state index in [0.29, 0.717) is 0 Å². The van der Waals surface area contributed by atoms with E-state index in [4.69, 9.17) is 10.2 Å². The molecular weight excluding hydrogens is 367 g/mol. The molecule has 3 aromatic rings. The van der Waals surface area contributed by atoms with E-state index in [9.17, 15) is 4.39 Å². The Kier molecular flexibility index (Phi) is 5.98. The number of para-hydroxylation sites is 1. The summed E-state index contributed by atoms with van der Waals surface area (Å²) >= 11 is 0. The maximum atomic E-state index is 13.6. The number of nitrogens with one attached hydrogen (secondary N) is 1. The highest BCUT2D eigenvalue weighted by Gasteiger charge is 2.17. The molecule has 0 spiro atoms. The van der Waals surface area contributed by atoms with Crippen LogP contribution in [0.5, 0.6) is 0 Å². The third-order valence-corrected chi connectivity index (χ3v) is 5.44. The van der Waals surface area contributed by atoms with Gasteiger partial charge in [-0.25, -0.2) is 9.37 Å². The summed E-state index contributed by atoms with van der Waals surface area (Å²) in [6.07, 6.45) is 8.28. The second-order valence-electron chi connectivity index (χ2n) is 7.43. The Labute approximate surface area is 169 Å². The number of aryl methyl sites for hydroxylation is 2. The fraction of sp³-hybridized carbons (Fsp3) is 0.348. The third kappa shape index (κ3) is 4.36. The summed E-state index contributed by atoms with van der Waals surface area (Å²) in [6.45, 7) is 0.868. The maximum absolute atomic E-state index is 13.6. The van der Waals surface area contributed by atoms with Crippen LogP contribution < -0.4 is 5.32 Å². The first-order valence-corrected chi connectivity index (χ1v) is 10.2. The number of benzene rings is 1. The normalized spacial score (nSPS) is 13.7. The van der Waals surface area contributed by atoms with Crippen LogP contribution in [-0.2, 0) is 19.3 Å². The van der Waals surface area contributed by atoms with Gasteiger partial charge in [0.05, 0.1) is 11.7 Å². The number of unbranched alkanes of at least 4 members (excludes halogenated alkanes) is 1. The second kappa shape index (κ2) is 8.99. The highest BCUT2D eigenvalue weighted by atomic mass is 19.1. The number of nitrogens with zero attached hydrogens (tertiary/aromatic N) is 3. The number of anilines is 1. The van der Waals surface area contributed by atoms with Crippen LogP contribution in [0.25, 0.3) is 10.9 Å². The summed E-state index contributed by atoms with van der Waals surface area (Å²) in [5.74, 6) is -0.484.